The first-order valence-electron chi connectivity index (χ1n) is 7.14. The van der Waals surface area contributed by atoms with Gasteiger partial charge >= 0.3 is 0 Å². The number of halogens is 2. The third-order valence-electron chi connectivity index (χ3n) is 3.24. The Bertz CT molecular complexity index is 337. The van der Waals surface area contributed by atoms with Crippen LogP contribution in [0, 0.1) is 0 Å². The molecule has 0 aliphatic heterocycles. The van der Waals surface area contributed by atoms with Gasteiger partial charge in [0.1, 0.15) is 0 Å². The van der Waals surface area contributed by atoms with Crippen molar-refractivity contribution >= 4 is 31.9 Å². The first-order chi connectivity index (χ1) is 9.17. The van der Waals surface area contributed by atoms with Crippen LogP contribution in [0.2, 0.25) is 0 Å². The summed E-state index contributed by atoms with van der Waals surface area (Å²) in [5, 5.41) is 0.841. The van der Waals surface area contributed by atoms with E-state index in [1.165, 1.54) is 31.2 Å². The molecule has 108 valence electrons. The average molecular weight is 392 g/mol. The van der Waals surface area contributed by atoms with E-state index in [9.17, 15) is 0 Å². The smallest absolute Gasteiger partial charge is 0.0925 e. The van der Waals surface area contributed by atoms with Gasteiger partial charge < -0.3 is 4.74 Å². The van der Waals surface area contributed by atoms with Gasteiger partial charge in [-0.15, -0.1) is 0 Å². The van der Waals surface area contributed by atoms with Crippen LogP contribution in [0.1, 0.15) is 57.6 Å². The molecule has 0 spiro atoms. The molecular formula is C16H24Br2O. The molecule has 3 heteroatoms. The van der Waals surface area contributed by atoms with E-state index in [0.717, 1.165) is 16.2 Å². The Kier molecular flexibility index (Phi) is 9.01. The molecule has 0 saturated carbocycles. The van der Waals surface area contributed by atoms with Crippen LogP contribution in [0.5, 0.6) is 0 Å². The molecular weight excluding hydrogens is 368 g/mol. The molecule has 0 aliphatic carbocycles. The van der Waals surface area contributed by atoms with Gasteiger partial charge in [0.05, 0.1) is 12.2 Å². The van der Waals surface area contributed by atoms with Crippen molar-refractivity contribution in [2.24, 2.45) is 0 Å². The van der Waals surface area contributed by atoms with E-state index in [-0.39, 0.29) is 6.10 Å². The minimum absolute atomic E-state index is 0.147. The minimum atomic E-state index is 0.147. The largest absolute Gasteiger partial charge is 0.370 e. The van der Waals surface area contributed by atoms with Crippen molar-refractivity contribution in [3.05, 3.63) is 34.3 Å². The number of hydrogen-bond acceptors (Lipinski definition) is 1. The Morgan fingerprint density at radius 1 is 1.11 bits per heavy atom. The molecule has 0 bridgehead atoms. The van der Waals surface area contributed by atoms with Gasteiger partial charge in [-0.05, 0) is 31.0 Å². The fourth-order valence-electron chi connectivity index (χ4n) is 2.09. The highest BCUT2D eigenvalue weighted by Crippen LogP contribution is 2.24. The second kappa shape index (κ2) is 9.95. The van der Waals surface area contributed by atoms with Gasteiger partial charge in [0.2, 0.25) is 0 Å². The van der Waals surface area contributed by atoms with Crippen LogP contribution in [-0.4, -0.2) is 11.4 Å². The first-order valence-corrected chi connectivity index (χ1v) is 9.05. The number of rotatable bonds is 9. The second-order valence-electron chi connectivity index (χ2n) is 4.99. The van der Waals surface area contributed by atoms with Gasteiger partial charge in [0.15, 0.2) is 0 Å². The number of hydrogen-bond donors (Lipinski definition) is 0. The zero-order valence-corrected chi connectivity index (χ0v) is 15.0. The fourth-order valence-corrected chi connectivity index (χ4v) is 2.88. The zero-order valence-electron chi connectivity index (χ0n) is 11.9. The number of alkyl halides is 1. The fraction of sp³-hybridized carbons (Fsp3) is 0.625. The predicted octanol–water partition coefficient (Wildman–Crippen LogP) is 6.26. The number of ether oxygens (including phenoxy) is 1. The van der Waals surface area contributed by atoms with Crippen molar-refractivity contribution in [3.63, 3.8) is 0 Å². The van der Waals surface area contributed by atoms with E-state index >= 15 is 0 Å². The molecule has 0 saturated heterocycles. The van der Waals surface area contributed by atoms with E-state index in [2.05, 4.69) is 70.0 Å². The van der Waals surface area contributed by atoms with Crippen molar-refractivity contribution in [3.8, 4) is 0 Å². The van der Waals surface area contributed by atoms with E-state index in [4.69, 9.17) is 4.74 Å². The highest BCUT2D eigenvalue weighted by Gasteiger charge is 2.14. The molecule has 0 aromatic heterocycles. The molecule has 0 N–H and O–H groups in total. The van der Waals surface area contributed by atoms with Gasteiger partial charge in [0.25, 0.3) is 0 Å². The highest BCUT2D eigenvalue weighted by atomic mass is 79.9. The Balaban J connectivity index is 2.41. The van der Waals surface area contributed by atoms with Crippen molar-refractivity contribution in [1.29, 1.82) is 0 Å². The molecule has 0 amide bonds. The van der Waals surface area contributed by atoms with Crippen LogP contribution < -0.4 is 0 Å². The van der Waals surface area contributed by atoms with Gasteiger partial charge in [-0.3, -0.25) is 0 Å². The topological polar surface area (TPSA) is 9.23 Å². The predicted molar refractivity (Wildman–Crippen MR) is 90.0 cm³/mol. The van der Waals surface area contributed by atoms with E-state index in [1.807, 2.05) is 0 Å². The summed E-state index contributed by atoms with van der Waals surface area (Å²) >= 11 is 7.02. The SMILES string of the molecule is CCCCCCC(C)OC(CBr)c1ccc(Br)cc1. The Hall–Kier alpha value is 0.140. The lowest BCUT2D eigenvalue weighted by Gasteiger charge is -2.21. The molecule has 0 heterocycles. The van der Waals surface area contributed by atoms with Gasteiger partial charge in [-0.25, -0.2) is 0 Å². The first kappa shape index (κ1) is 17.2. The molecule has 0 radical (unpaired) electrons. The van der Waals surface area contributed by atoms with Crippen LogP contribution in [0.15, 0.2) is 28.7 Å². The Morgan fingerprint density at radius 3 is 2.37 bits per heavy atom. The Labute approximate surface area is 134 Å². The maximum absolute atomic E-state index is 6.14. The minimum Gasteiger partial charge on any atom is -0.370 e. The van der Waals surface area contributed by atoms with Crippen LogP contribution in [-0.2, 0) is 4.74 Å². The van der Waals surface area contributed by atoms with Crippen LogP contribution >= 0.6 is 31.9 Å². The standard InChI is InChI=1S/C16H24Br2O/c1-3-4-5-6-7-13(2)19-16(12-17)14-8-10-15(18)11-9-14/h8-11,13,16H,3-7,12H2,1-2H3. The molecule has 0 aliphatic rings. The summed E-state index contributed by atoms with van der Waals surface area (Å²) in [6.07, 6.45) is 6.84. The lowest BCUT2D eigenvalue weighted by atomic mass is 10.1. The lowest BCUT2D eigenvalue weighted by molar-refractivity contribution is 0.00492. The van der Waals surface area contributed by atoms with Crippen LogP contribution in [0.25, 0.3) is 0 Å². The quantitative estimate of drug-likeness (QED) is 0.356. The molecule has 1 aromatic carbocycles. The molecule has 2 atom stereocenters. The number of benzene rings is 1. The van der Waals surface area contributed by atoms with E-state index < -0.39 is 0 Å². The monoisotopic (exact) mass is 390 g/mol. The average Bonchev–Trinajstić information content (AvgIpc) is 2.42. The maximum atomic E-state index is 6.14. The summed E-state index contributed by atoms with van der Waals surface area (Å²) in [6, 6.07) is 8.39. The normalized spacial score (nSPS) is 14.3. The lowest BCUT2D eigenvalue weighted by Crippen LogP contribution is -2.15. The third-order valence-corrected chi connectivity index (χ3v) is 4.36. The van der Waals surface area contributed by atoms with Crippen LogP contribution in [0.4, 0.5) is 0 Å². The van der Waals surface area contributed by atoms with Gasteiger partial charge in [-0.2, -0.15) is 0 Å². The maximum Gasteiger partial charge on any atom is 0.0925 e. The second-order valence-corrected chi connectivity index (χ2v) is 6.55. The zero-order chi connectivity index (χ0) is 14.1. The summed E-state index contributed by atoms with van der Waals surface area (Å²) in [5.41, 5.74) is 1.24. The summed E-state index contributed by atoms with van der Waals surface area (Å²) < 4.78 is 7.25. The molecule has 2 unspecified atom stereocenters. The van der Waals surface area contributed by atoms with Gasteiger partial charge in [0, 0.05) is 9.80 Å². The third kappa shape index (κ3) is 6.92. The highest BCUT2D eigenvalue weighted by molar-refractivity contribution is 9.10. The van der Waals surface area contributed by atoms with Crippen molar-refractivity contribution in [2.75, 3.05) is 5.33 Å². The summed E-state index contributed by atoms with van der Waals surface area (Å²) in [6.45, 7) is 4.43. The number of unbranched alkanes of at least 4 members (excludes halogenated alkanes) is 3. The molecule has 1 rings (SSSR count). The van der Waals surface area contributed by atoms with E-state index in [1.54, 1.807) is 0 Å². The van der Waals surface area contributed by atoms with Crippen molar-refractivity contribution < 1.29 is 4.74 Å². The van der Waals surface area contributed by atoms with Gasteiger partial charge in [-0.1, -0.05) is 76.6 Å². The van der Waals surface area contributed by atoms with Crippen molar-refractivity contribution in [2.45, 2.75) is 58.2 Å². The molecule has 19 heavy (non-hydrogen) atoms. The molecule has 1 nitrogen and oxygen atoms in total. The summed E-state index contributed by atoms with van der Waals surface area (Å²) in [5.74, 6) is 0. The Morgan fingerprint density at radius 2 is 1.79 bits per heavy atom. The molecule has 1 aromatic rings. The van der Waals surface area contributed by atoms with E-state index in [0.29, 0.717) is 6.10 Å². The van der Waals surface area contributed by atoms with Crippen molar-refractivity contribution in [1.82, 2.24) is 0 Å². The summed E-state index contributed by atoms with van der Waals surface area (Å²) in [4.78, 5) is 0. The molecule has 0 fully saturated rings. The summed E-state index contributed by atoms with van der Waals surface area (Å²) in [7, 11) is 0. The van der Waals surface area contributed by atoms with Crippen LogP contribution in [0.3, 0.4) is 0 Å².